The van der Waals surface area contributed by atoms with Gasteiger partial charge in [0.15, 0.2) is 12.6 Å². The second kappa shape index (κ2) is 18.3. The van der Waals surface area contributed by atoms with Gasteiger partial charge in [0.05, 0.1) is 41.5 Å². The molecule has 15 heteroatoms. The smallest absolute Gasteiger partial charge is 0.245 e. The van der Waals surface area contributed by atoms with E-state index in [-0.39, 0.29) is 61.1 Å². The third kappa shape index (κ3) is 10.2. The highest BCUT2D eigenvalue weighted by Crippen LogP contribution is 2.40. The number of ether oxygens (including phenoxy) is 5. The number of nitrogens with one attached hydrogen (secondary N) is 1. The van der Waals surface area contributed by atoms with Crippen molar-refractivity contribution < 1.29 is 53.4 Å². The second-order valence-electron chi connectivity index (χ2n) is 18.1. The molecule has 0 aliphatic carbocycles. The van der Waals surface area contributed by atoms with Gasteiger partial charge in [-0.25, -0.2) is 0 Å². The molecular formula is C40H72N4O11. The van der Waals surface area contributed by atoms with E-state index in [1.165, 1.54) is 7.11 Å². The third-order valence-corrected chi connectivity index (χ3v) is 12.6. The molecule has 0 radical (unpaired) electrons. The first kappa shape index (κ1) is 45.7. The van der Waals surface area contributed by atoms with Crippen molar-refractivity contribution in [1.82, 2.24) is 20.0 Å². The summed E-state index contributed by atoms with van der Waals surface area (Å²) in [6.07, 6.45) is -5.06. The number of hydrogen-bond donors (Lipinski definition) is 4. The van der Waals surface area contributed by atoms with E-state index in [1.54, 1.807) is 44.5 Å². The van der Waals surface area contributed by atoms with Crippen LogP contribution in [0, 0.1) is 23.7 Å². The highest BCUT2D eigenvalue weighted by atomic mass is 16.7. The van der Waals surface area contributed by atoms with Gasteiger partial charge in [-0.1, -0.05) is 34.6 Å². The molecule has 3 amide bonds. The van der Waals surface area contributed by atoms with E-state index in [0.717, 1.165) is 0 Å². The molecule has 0 aromatic heterocycles. The fourth-order valence-electron chi connectivity index (χ4n) is 9.42. The van der Waals surface area contributed by atoms with Crippen molar-refractivity contribution in [2.75, 3.05) is 41.3 Å². The van der Waals surface area contributed by atoms with E-state index in [2.05, 4.69) is 5.32 Å². The zero-order valence-electron chi connectivity index (χ0n) is 35.6. The Morgan fingerprint density at radius 1 is 0.982 bits per heavy atom. The quantitative estimate of drug-likeness (QED) is 0.295. The lowest BCUT2D eigenvalue weighted by molar-refractivity contribution is -0.317. The minimum absolute atomic E-state index is 0.149. The van der Waals surface area contributed by atoms with Gasteiger partial charge in [0.25, 0.3) is 0 Å². The Bertz CT molecular complexity index is 1320. The molecule has 4 aliphatic heterocycles. The number of nitrogens with zero attached hydrogens (tertiary/aromatic N) is 3. The normalized spacial score (nSPS) is 44.6. The van der Waals surface area contributed by atoms with Crippen LogP contribution < -0.4 is 5.32 Å². The van der Waals surface area contributed by atoms with Gasteiger partial charge in [-0.2, -0.15) is 0 Å². The average Bonchev–Trinajstić information content (AvgIpc) is 3.60. The Labute approximate surface area is 328 Å². The zero-order valence-corrected chi connectivity index (χ0v) is 35.6. The Kier molecular flexibility index (Phi) is 15.2. The van der Waals surface area contributed by atoms with Crippen LogP contribution in [0.1, 0.15) is 94.4 Å². The summed E-state index contributed by atoms with van der Waals surface area (Å²) in [7, 11) is 6.98. The molecule has 0 aromatic rings. The first-order valence-electron chi connectivity index (χ1n) is 20.3. The highest BCUT2D eigenvalue weighted by molar-refractivity contribution is 5.93. The van der Waals surface area contributed by atoms with Crippen LogP contribution in [0.25, 0.3) is 0 Å². The average molecular weight is 785 g/mol. The topological polar surface area (TPSA) is 180 Å². The van der Waals surface area contributed by atoms with E-state index < -0.39 is 78.2 Å². The number of hydrogen-bond acceptors (Lipinski definition) is 12. The number of carbonyl (C=O) groups is 3. The number of aliphatic hydroxyl groups is 3. The molecule has 55 heavy (non-hydrogen) atoms. The number of rotatable bonds is 7. The van der Waals surface area contributed by atoms with Crippen LogP contribution in [-0.4, -0.2) is 168 Å². The van der Waals surface area contributed by atoms with E-state index in [1.807, 2.05) is 53.6 Å². The summed E-state index contributed by atoms with van der Waals surface area (Å²) in [5, 5.41) is 38.2. The highest BCUT2D eigenvalue weighted by Gasteiger charge is 2.52. The lowest BCUT2D eigenvalue weighted by Crippen LogP contribution is -2.61. The van der Waals surface area contributed by atoms with Crippen molar-refractivity contribution in [3.8, 4) is 0 Å². The number of fused-ring (bicyclic) bond motifs is 1. The summed E-state index contributed by atoms with van der Waals surface area (Å²) in [4.78, 5) is 47.6. The Morgan fingerprint density at radius 2 is 1.64 bits per heavy atom. The first-order valence-corrected chi connectivity index (χ1v) is 20.3. The number of carbonyl (C=O) groups excluding carboxylic acids is 3. The summed E-state index contributed by atoms with van der Waals surface area (Å²) in [6.45, 7) is 17.0. The van der Waals surface area contributed by atoms with Gasteiger partial charge in [-0.3, -0.25) is 14.4 Å². The summed E-state index contributed by atoms with van der Waals surface area (Å²) < 4.78 is 31.8. The molecule has 0 spiro atoms. The van der Waals surface area contributed by atoms with Crippen LogP contribution in [0.5, 0.6) is 0 Å². The molecule has 4 saturated heterocycles. The van der Waals surface area contributed by atoms with Crippen molar-refractivity contribution in [2.45, 2.75) is 173 Å². The second-order valence-corrected chi connectivity index (χ2v) is 18.1. The van der Waals surface area contributed by atoms with Crippen LogP contribution in [0.2, 0.25) is 0 Å². The van der Waals surface area contributed by atoms with Crippen molar-refractivity contribution in [3.05, 3.63) is 0 Å². The van der Waals surface area contributed by atoms with Gasteiger partial charge in [-0.15, -0.1) is 0 Å². The van der Waals surface area contributed by atoms with Crippen LogP contribution in [0.15, 0.2) is 0 Å². The SMILES string of the molecule is CO[C@]1(C)C[C@H](O[C@H]2[C@H](C)[C@@H](O[C@@H]3O[C@H](C)C[C@H](N(C)C)[C@H]3O)[C@](C)(O)C[C@@H](C)CN(C)C(=O)C(C(C)C)NC(=O)[C@H]3CCCN3C(=O)[C@@H]2C)O[C@@H](C)[C@@H]1O. The van der Waals surface area contributed by atoms with E-state index in [4.69, 9.17) is 23.7 Å². The van der Waals surface area contributed by atoms with Crippen molar-refractivity contribution in [1.29, 1.82) is 0 Å². The number of aliphatic hydroxyl groups excluding tert-OH is 2. The van der Waals surface area contributed by atoms with Gasteiger partial charge < -0.3 is 59.0 Å². The molecular weight excluding hydrogens is 712 g/mol. The zero-order chi connectivity index (χ0) is 41.3. The van der Waals surface area contributed by atoms with Crippen LogP contribution in [0.4, 0.5) is 0 Å². The van der Waals surface area contributed by atoms with Crippen LogP contribution in [-0.2, 0) is 38.1 Å². The number of likely N-dealkylation sites (N-methyl/N-ethyl adjacent to an activating group) is 2. The van der Waals surface area contributed by atoms with Gasteiger partial charge in [0.2, 0.25) is 17.7 Å². The maximum atomic E-state index is 14.7. The number of amides is 3. The molecule has 16 atom stereocenters. The van der Waals surface area contributed by atoms with Gasteiger partial charge >= 0.3 is 0 Å². The third-order valence-electron chi connectivity index (χ3n) is 12.6. The fourth-order valence-corrected chi connectivity index (χ4v) is 9.42. The van der Waals surface area contributed by atoms with Gasteiger partial charge in [-0.05, 0) is 79.3 Å². The molecule has 0 bridgehead atoms. The Balaban J connectivity index is 1.84. The predicted molar refractivity (Wildman–Crippen MR) is 204 cm³/mol. The fraction of sp³-hybridized carbons (Fsp3) is 0.925. The van der Waals surface area contributed by atoms with Crippen LogP contribution >= 0.6 is 0 Å². The Morgan fingerprint density at radius 3 is 2.24 bits per heavy atom. The van der Waals surface area contributed by atoms with Crippen LogP contribution in [0.3, 0.4) is 0 Å². The molecule has 4 fully saturated rings. The predicted octanol–water partition coefficient (Wildman–Crippen LogP) is 1.74. The molecule has 0 aromatic carbocycles. The van der Waals surface area contributed by atoms with Gasteiger partial charge in [0.1, 0.15) is 24.3 Å². The first-order chi connectivity index (χ1) is 25.5. The molecule has 4 N–H and O–H groups in total. The number of methoxy groups -OCH3 is 1. The maximum absolute atomic E-state index is 14.7. The van der Waals surface area contributed by atoms with Crippen molar-refractivity contribution >= 4 is 17.7 Å². The lowest BCUT2D eigenvalue weighted by atomic mass is 9.77. The summed E-state index contributed by atoms with van der Waals surface area (Å²) >= 11 is 0. The summed E-state index contributed by atoms with van der Waals surface area (Å²) in [6, 6.07) is -1.89. The van der Waals surface area contributed by atoms with Gasteiger partial charge in [0, 0.05) is 45.6 Å². The molecule has 0 saturated carbocycles. The minimum Gasteiger partial charge on any atom is -0.387 e. The molecule has 318 valence electrons. The van der Waals surface area contributed by atoms with E-state index in [9.17, 15) is 29.7 Å². The Hall–Kier alpha value is -1.95. The maximum Gasteiger partial charge on any atom is 0.245 e. The largest absolute Gasteiger partial charge is 0.387 e. The molecule has 4 aliphatic rings. The molecule has 4 heterocycles. The van der Waals surface area contributed by atoms with Crippen molar-refractivity contribution in [2.24, 2.45) is 23.7 Å². The van der Waals surface area contributed by atoms with E-state index >= 15 is 0 Å². The monoisotopic (exact) mass is 785 g/mol. The molecule has 15 nitrogen and oxygen atoms in total. The standard InChI is InChI=1S/C40H72N4O11/c1-21(2)30-37(49)43(12)20-22(3)18-39(8,50)34(55-38-31(45)28(42(10)11)17-23(4)52-38)24(5)32(54-29-19-40(9,51-13)33(46)26(7)53-29)25(6)36(48)44-16-14-15-27(44)35(47)41-30/h21-34,38,45-46,50H,14-20H2,1-13H3,(H,41,47)/t22-,23-,24+,25-,26+,27-,28+,29+,30?,31-,32+,33+,34-,38+,39-,40-/m1/s1. The summed E-state index contributed by atoms with van der Waals surface area (Å²) in [5.41, 5.74) is -2.61. The van der Waals surface area contributed by atoms with Crippen molar-refractivity contribution in [3.63, 3.8) is 0 Å². The van der Waals surface area contributed by atoms with E-state index in [0.29, 0.717) is 25.8 Å². The minimum atomic E-state index is -1.60. The summed E-state index contributed by atoms with van der Waals surface area (Å²) in [5.74, 6) is -3.05. The molecule has 4 rings (SSSR count). The molecule has 1 unspecified atom stereocenters. The lowest BCUT2D eigenvalue weighted by Gasteiger charge is -2.49.